The van der Waals surface area contributed by atoms with Gasteiger partial charge in [0.15, 0.2) is 0 Å². The van der Waals surface area contributed by atoms with Crippen molar-refractivity contribution in [3.8, 4) is 0 Å². The highest BCUT2D eigenvalue weighted by Gasteiger charge is 2.22. The van der Waals surface area contributed by atoms with E-state index in [9.17, 15) is 0 Å². The first kappa shape index (κ1) is 11.0. The Balaban J connectivity index is 1.76. The highest BCUT2D eigenvalue weighted by atomic mass is 32.1. The fraction of sp³-hybridized carbons (Fsp3) is 0.727. The van der Waals surface area contributed by atoms with E-state index in [2.05, 4.69) is 34.6 Å². The van der Waals surface area contributed by atoms with Crippen molar-refractivity contribution in [3.05, 3.63) is 16.6 Å². The van der Waals surface area contributed by atoms with E-state index in [4.69, 9.17) is 0 Å². The summed E-state index contributed by atoms with van der Waals surface area (Å²) in [6.07, 6.45) is 2.51. The lowest BCUT2D eigenvalue weighted by atomic mass is 9.99. The van der Waals surface area contributed by atoms with Crippen LogP contribution in [0.4, 0.5) is 0 Å². The molecule has 1 N–H and O–H groups in total. The molecular weight excluding hydrogens is 206 g/mol. The average molecular weight is 225 g/mol. The van der Waals surface area contributed by atoms with Crippen molar-refractivity contribution in [1.82, 2.24) is 15.2 Å². The minimum Gasteiger partial charge on any atom is -0.308 e. The van der Waals surface area contributed by atoms with Crippen molar-refractivity contribution in [2.24, 2.45) is 0 Å². The first-order valence-electron chi connectivity index (χ1n) is 5.56. The SMILES string of the molecule is CC1CC(NCc2cscn2)CCN1C. The lowest BCUT2D eigenvalue weighted by Gasteiger charge is -2.35. The Bertz CT molecular complexity index is 286. The minimum atomic E-state index is 0.665. The number of piperidine rings is 1. The van der Waals surface area contributed by atoms with E-state index in [0.29, 0.717) is 12.1 Å². The largest absolute Gasteiger partial charge is 0.308 e. The predicted molar refractivity (Wildman–Crippen MR) is 64.1 cm³/mol. The van der Waals surface area contributed by atoms with Gasteiger partial charge in [0.2, 0.25) is 0 Å². The number of rotatable bonds is 3. The molecule has 0 saturated carbocycles. The maximum absolute atomic E-state index is 4.28. The standard InChI is InChI=1S/C11H19N3S/c1-9-5-10(3-4-14(9)2)12-6-11-7-15-8-13-11/h7-10,12H,3-6H2,1-2H3. The van der Waals surface area contributed by atoms with Crippen LogP contribution in [0.25, 0.3) is 0 Å². The van der Waals surface area contributed by atoms with Crippen LogP contribution in [0.2, 0.25) is 0 Å². The maximum Gasteiger partial charge on any atom is 0.0795 e. The van der Waals surface area contributed by atoms with Crippen molar-refractivity contribution in [1.29, 1.82) is 0 Å². The van der Waals surface area contributed by atoms with Crippen LogP contribution < -0.4 is 5.32 Å². The molecule has 1 aromatic heterocycles. The number of thiazole rings is 1. The Hall–Kier alpha value is -0.450. The third-order valence-electron chi connectivity index (χ3n) is 3.26. The summed E-state index contributed by atoms with van der Waals surface area (Å²) in [6, 6.07) is 1.37. The molecule has 1 fully saturated rings. The molecule has 4 heteroatoms. The van der Waals surface area contributed by atoms with Crippen molar-refractivity contribution in [2.45, 2.75) is 38.4 Å². The van der Waals surface area contributed by atoms with Gasteiger partial charge < -0.3 is 10.2 Å². The molecule has 15 heavy (non-hydrogen) atoms. The Kier molecular flexibility index (Phi) is 3.72. The van der Waals surface area contributed by atoms with E-state index in [1.54, 1.807) is 11.3 Å². The summed E-state index contributed by atoms with van der Waals surface area (Å²) in [5.41, 5.74) is 3.07. The zero-order valence-corrected chi connectivity index (χ0v) is 10.3. The second-order valence-electron chi connectivity index (χ2n) is 4.41. The highest BCUT2D eigenvalue weighted by molar-refractivity contribution is 7.07. The molecule has 0 bridgehead atoms. The normalized spacial score (nSPS) is 28.1. The molecule has 1 aliphatic rings. The van der Waals surface area contributed by atoms with Crippen molar-refractivity contribution >= 4 is 11.3 Å². The molecule has 0 aliphatic carbocycles. The van der Waals surface area contributed by atoms with E-state index in [1.165, 1.54) is 25.1 Å². The van der Waals surface area contributed by atoms with Gasteiger partial charge in [-0.25, -0.2) is 4.98 Å². The summed E-state index contributed by atoms with van der Waals surface area (Å²) in [6.45, 7) is 4.43. The molecule has 2 heterocycles. The molecule has 2 unspecified atom stereocenters. The number of nitrogens with one attached hydrogen (secondary N) is 1. The molecule has 3 nitrogen and oxygen atoms in total. The number of likely N-dealkylation sites (tertiary alicyclic amines) is 1. The smallest absolute Gasteiger partial charge is 0.0795 e. The zero-order chi connectivity index (χ0) is 10.7. The topological polar surface area (TPSA) is 28.2 Å². The Labute approximate surface area is 95.5 Å². The van der Waals surface area contributed by atoms with Gasteiger partial charge >= 0.3 is 0 Å². The molecule has 0 aromatic carbocycles. The summed E-state index contributed by atoms with van der Waals surface area (Å²) >= 11 is 1.67. The molecule has 0 radical (unpaired) electrons. The zero-order valence-electron chi connectivity index (χ0n) is 9.44. The third kappa shape index (κ3) is 3.00. The molecule has 1 aromatic rings. The third-order valence-corrected chi connectivity index (χ3v) is 3.90. The van der Waals surface area contributed by atoms with Crippen LogP contribution in [0.3, 0.4) is 0 Å². The second kappa shape index (κ2) is 5.05. The fourth-order valence-corrected chi connectivity index (χ4v) is 2.61. The number of nitrogens with zero attached hydrogens (tertiary/aromatic N) is 2. The van der Waals surface area contributed by atoms with Crippen LogP contribution in [0.5, 0.6) is 0 Å². The van der Waals surface area contributed by atoms with E-state index < -0.39 is 0 Å². The van der Waals surface area contributed by atoms with Gasteiger partial charge in [-0.2, -0.15) is 0 Å². The van der Waals surface area contributed by atoms with Gasteiger partial charge in [-0.1, -0.05) is 0 Å². The molecule has 0 amide bonds. The molecule has 1 aliphatic heterocycles. The van der Waals surface area contributed by atoms with E-state index in [1.807, 2.05) is 5.51 Å². The van der Waals surface area contributed by atoms with Crippen LogP contribution in [0.1, 0.15) is 25.5 Å². The van der Waals surface area contributed by atoms with Crippen molar-refractivity contribution < 1.29 is 0 Å². The lowest BCUT2D eigenvalue weighted by Crippen LogP contribution is -2.45. The second-order valence-corrected chi connectivity index (χ2v) is 5.13. The predicted octanol–water partition coefficient (Wildman–Crippen LogP) is 1.72. The van der Waals surface area contributed by atoms with Crippen LogP contribution >= 0.6 is 11.3 Å². The summed E-state index contributed by atoms with van der Waals surface area (Å²) in [4.78, 5) is 6.71. The number of hydrogen-bond donors (Lipinski definition) is 1. The summed E-state index contributed by atoms with van der Waals surface area (Å²) in [7, 11) is 2.21. The van der Waals surface area contributed by atoms with Crippen molar-refractivity contribution in [2.75, 3.05) is 13.6 Å². The van der Waals surface area contributed by atoms with Gasteiger partial charge in [-0.05, 0) is 33.4 Å². The summed E-state index contributed by atoms with van der Waals surface area (Å²) in [5.74, 6) is 0. The van der Waals surface area contributed by atoms with E-state index >= 15 is 0 Å². The highest BCUT2D eigenvalue weighted by Crippen LogP contribution is 2.15. The summed E-state index contributed by atoms with van der Waals surface area (Å²) < 4.78 is 0. The molecular formula is C11H19N3S. The van der Waals surface area contributed by atoms with Gasteiger partial charge in [0, 0.05) is 24.0 Å². The monoisotopic (exact) mass is 225 g/mol. The Morgan fingerprint density at radius 1 is 1.67 bits per heavy atom. The first-order valence-corrected chi connectivity index (χ1v) is 6.50. The Morgan fingerprint density at radius 3 is 3.20 bits per heavy atom. The van der Waals surface area contributed by atoms with Crippen LogP contribution in [-0.2, 0) is 6.54 Å². The minimum absolute atomic E-state index is 0.665. The average Bonchev–Trinajstić information content (AvgIpc) is 2.73. The van der Waals surface area contributed by atoms with Gasteiger partial charge in [-0.15, -0.1) is 11.3 Å². The molecule has 2 rings (SSSR count). The van der Waals surface area contributed by atoms with Crippen LogP contribution in [-0.4, -0.2) is 35.6 Å². The molecule has 0 spiro atoms. The lowest BCUT2D eigenvalue weighted by molar-refractivity contribution is 0.168. The molecule has 1 saturated heterocycles. The van der Waals surface area contributed by atoms with E-state index in [-0.39, 0.29) is 0 Å². The number of aromatic nitrogens is 1. The van der Waals surface area contributed by atoms with Gasteiger partial charge in [0.25, 0.3) is 0 Å². The van der Waals surface area contributed by atoms with Crippen molar-refractivity contribution in [3.63, 3.8) is 0 Å². The quantitative estimate of drug-likeness (QED) is 0.849. The van der Waals surface area contributed by atoms with Gasteiger partial charge in [0.1, 0.15) is 0 Å². The summed E-state index contributed by atoms with van der Waals surface area (Å²) in [5, 5.41) is 5.71. The first-order chi connectivity index (χ1) is 7.25. The molecule has 2 atom stereocenters. The molecule has 84 valence electrons. The van der Waals surface area contributed by atoms with Crippen LogP contribution in [0, 0.1) is 0 Å². The van der Waals surface area contributed by atoms with E-state index in [0.717, 1.165) is 6.54 Å². The fourth-order valence-electron chi connectivity index (χ4n) is 2.05. The maximum atomic E-state index is 4.28. The van der Waals surface area contributed by atoms with Gasteiger partial charge in [0.05, 0.1) is 11.2 Å². The Morgan fingerprint density at radius 2 is 2.53 bits per heavy atom. The van der Waals surface area contributed by atoms with Crippen LogP contribution in [0.15, 0.2) is 10.9 Å². The number of hydrogen-bond acceptors (Lipinski definition) is 4. The van der Waals surface area contributed by atoms with Gasteiger partial charge in [-0.3, -0.25) is 0 Å².